The molecule has 252 valence electrons. The van der Waals surface area contributed by atoms with Crippen molar-refractivity contribution in [3.05, 3.63) is 65.2 Å². The molecule has 0 saturated carbocycles. The van der Waals surface area contributed by atoms with E-state index in [0.29, 0.717) is 25.2 Å². The molecule has 0 aliphatic carbocycles. The number of rotatable bonds is 6. The number of anilines is 3. The van der Waals surface area contributed by atoms with Crippen LogP contribution in [0.3, 0.4) is 0 Å². The quantitative estimate of drug-likeness (QED) is 0.226. The van der Waals surface area contributed by atoms with Gasteiger partial charge in [-0.2, -0.15) is 13.2 Å². The number of nitrogens with zero attached hydrogens (tertiary/aromatic N) is 4. The van der Waals surface area contributed by atoms with Crippen LogP contribution in [0.4, 0.5) is 43.7 Å². The maximum atomic E-state index is 16.0. The van der Waals surface area contributed by atoms with Crippen molar-refractivity contribution in [2.24, 2.45) is 0 Å². The zero-order valence-electron chi connectivity index (χ0n) is 25.8. The zero-order chi connectivity index (χ0) is 34.8. The summed E-state index contributed by atoms with van der Waals surface area (Å²) in [6.45, 7) is 9.86. The number of nitrogens with one attached hydrogen (secondary N) is 1. The van der Waals surface area contributed by atoms with Crippen LogP contribution in [0.25, 0.3) is 11.1 Å². The molecule has 10 nitrogen and oxygen atoms in total. The van der Waals surface area contributed by atoms with Gasteiger partial charge in [0.2, 0.25) is 5.95 Å². The van der Waals surface area contributed by atoms with Gasteiger partial charge < -0.3 is 25.8 Å². The summed E-state index contributed by atoms with van der Waals surface area (Å²) in [7, 11) is 1.90. The fourth-order valence-corrected chi connectivity index (χ4v) is 4.64. The van der Waals surface area contributed by atoms with E-state index in [1.165, 1.54) is 0 Å². The summed E-state index contributed by atoms with van der Waals surface area (Å²) in [6, 6.07) is 2.43. The van der Waals surface area contributed by atoms with E-state index >= 15 is 8.78 Å². The number of carboxylic acid groups (broad SMARTS) is 1. The number of carbonyl (C=O) groups excluding carboxylic acids is 1. The second-order valence-corrected chi connectivity index (χ2v) is 10.1. The Labute approximate surface area is 262 Å². The van der Waals surface area contributed by atoms with E-state index in [1.54, 1.807) is 4.90 Å². The van der Waals surface area contributed by atoms with Crippen LogP contribution < -0.4 is 16.0 Å². The van der Waals surface area contributed by atoms with Gasteiger partial charge in [0.25, 0.3) is 12.4 Å². The molecule has 16 heteroatoms. The van der Waals surface area contributed by atoms with Crippen LogP contribution in [0.2, 0.25) is 0 Å². The van der Waals surface area contributed by atoms with Crippen molar-refractivity contribution in [1.82, 2.24) is 14.9 Å². The number of halogens is 6. The van der Waals surface area contributed by atoms with Crippen LogP contribution in [0.15, 0.2) is 36.7 Å². The van der Waals surface area contributed by atoms with Crippen LogP contribution >= 0.6 is 0 Å². The number of alkyl halides is 3. The van der Waals surface area contributed by atoms with Crippen LogP contribution in [0.5, 0.6) is 0 Å². The minimum Gasteiger partial charge on any atom is -0.483 e. The van der Waals surface area contributed by atoms with Crippen molar-refractivity contribution < 1.29 is 45.8 Å². The number of carbonyl (C=O) groups is 2. The molecule has 0 spiro atoms. The molecule has 0 radical (unpaired) electrons. The largest absolute Gasteiger partial charge is 0.483 e. The Bertz CT molecular complexity index is 1460. The number of nitrogens with two attached hydrogens (primary N) is 1. The Morgan fingerprint density at radius 3 is 2.11 bits per heavy atom. The first-order valence-electron chi connectivity index (χ1n) is 14.0. The Balaban J connectivity index is 0.000000825. The lowest BCUT2D eigenvalue weighted by atomic mass is 10.0. The van der Waals surface area contributed by atoms with Gasteiger partial charge in [0.05, 0.1) is 22.4 Å². The third-order valence-corrected chi connectivity index (χ3v) is 7.04. The number of ether oxygens (including phenoxy) is 1. The first kappa shape index (κ1) is 37.7. The number of benzene rings is 2. The summed E-state index contributed by atoms with van der Waals surface area (Å²) in [5, 5.41) is 9.08. The summed E-state index contributed by atoms with van der Waals surface area (Å²) < 4.78 is 90.5. The molecule has 1 aliphatic rings. The smallest absolute Gasteiger partial charge is 0.417 e. The average molecular weight is 659 g/mol. The lowest BCUT2D eigenvalue weighted by Crippen LogP contribution is -2.55. The van der Waals surface area contributed by atoms with Crippen LogP contribution in [-0.2, 0) is 15.7 Å². The van der Waals surface area contributed by atoms with Gasteiger partial charge in [-0.3, -0.25) is 14.5 Å². The van der Waals surface area contributed by atoms with E-state index in [2.05, 4.69) is 20.2 Å². The number of amides is 1. The first-order chi connectivity index (χ1) is 21.6. The van der Waals surface area contributed by atoms with Gasteiger partial charge in [-0.15, -0.1) is 0 Å². The second-order valence-electron chi connectivity index (χ2n) is 10.1. The maximum absolute atomic E-state index is 16.0. The van der Waals surface area contributed by atoms with Crippen LogP contribution in [-0.4, -0.2) is 77.8 Å². The monoisotopic (exact) mass is 658 g/mol. The summed E-state index contributed by atoms with van der Waals surface area (Å²) in [5.41, 5.74) is 1.70. The van der Waals surface area contributed by atoms with E-state index in [-0.39, 0.29) is 41.8 Å². The molecule has 0 bridgehead atoms. The van der Waals surface area contributed by atoms with Gasteiger partial charge in [0.1, 0.15) is 17.3 Å². The highest BCUT2D eigenvalue weighted by Gasteiger charge is 2.37. The molecule has 3 aromatic rings. The number of piperazine rings is 1. The lowest BCUT2D eigenvalue weighted by Gasteiger charge is -2.44. The van der Waals surface area contributed by atoms with Crippen molar-refractivity contribution in [2.45, 2.75) is 46.0 Å². The standard InChI is InChI=1S/C25H24F6N6O.C4H10O.CH2O2/c1-12-10-37(11-13(2)36(12)3)19-7-18(27)20(14-8-33-24(32)34-9-14)21(28)22(19)35-23(38)16-5-4-15(26)6-17(16)25(29,30)31;1-3-5-4-2;2-1-3/h4-9,12-13H,10-11H2,1-3H3,(H,35,38)(H2,32,33,34);3-4H2,1-2H3;1H,(H,2,3)/t12-,13+;;. The third-order valence-electron chi connectivity index (χ3n) is 7.04. The fraction of sp³-hybridized carbons (Fsp3) is 0.400. The molecule has 2 aromatic carbocycles. The Morgan fingerprint density at radius 2 is 1.63 bits per heavy atom. The summed E-state index contributed by atoms with van der Waals surface area (Å²) in [6.07, 6.45) is -2.90. The molecule has 46 heavy (non-hydrogen) atoms. The van der Waals surface area contributed by atoms with Crippen molar-refractivity contribution in [3.63, 3.8) is 0 Å². The molecule has 1 saturated heterocycles. The van der Waals surface area contributed by atoms with Gasteiger partial charge >= 0.3 is 6.18 Å². The Morgan fingerprint density at radius 1 is 1.09 bits per heavy atom. The highest BCUT2D eigenvalue weighted by molar-refractivity contribution is 6.07. The van der Waals surface area contributed by atoms with Crippen molar-refractivity contribution in [2.75, 3.05) is 49.3 Å². The predicted molar refractivity (Wildman–Crippen MR) is 161 cm³/mol. The van der Waals surface area contributed by atoms with E-state index in [0.717, 1.165) is 31.7 Å². The average Bonchev–Trinajstić information content (AvgIpc) is 2.98. The number of hydrogen-bond donors (Lipinski definition) is 3. The summed E-state index contributed by atoms with van der Waals surface area (Å²) >= 11 is 0. The van der Waals surface area contributed by atoms with E-state index in [1.807, 2.05) is 34.7 Å². The van der Waals surface area contributed by atoms with Crippen LogP contribution in [0.1, 0.15) is 43.6 Å². The number of hydrogen-bond acceptors (Lipinski definition) is 8. The second kappa shape index (κ2) is 16.7. The van der Waals surface area contributed by atoms with Gasteiger partial charge in [0.15, 0.2) is 5.82 Å². The molecule has 1 amide bonds. The van der Waals surface area contributed by atoms with Gasteiger partial charge in [0, 0.05) is 62.4 Å². The van der Waals surface area contributed by atoms with Gasteiger partial charge in [-0.25, -0.2) is 23.1 Å². The van der Waals surface area contributed by atoms with Gasteiger partial charge in [-0.05, 0) is 52.9 Å². The lowest BCUT2D eigenvalue weighted by molar-refractivity contribution is -0.138. The predicted octanol–water partition coefficient (Wildman–Crippen LogP) is 5.69. The summed E-state index contributed by atoms with van der Waals surface area (Å²) in [4.78, 5) is 32.6. The van der Waals surface area contributed by atoms with Crippen molar-refractivity contribution >= 4 is 29.7 Å². The van der Waals surface area contributed by atoms with Gasteiger partial charge in [-0.1, -0.05) is 0 Å². The highest BCUT2D eigenvalue weighted by Crippen LogP contribution is 2.40. The molecule has 2 atom stereocenters. The minimum atomic E-state index is -5.06. The molecule has 1 fully saturated rings. The van der Waals surface area contributed by atoms with Crippen molar-refractivity contribution in [3.8, 4) is 11.1 Å². The topological polar surface area (TPSA) is 134 Å². The zero-order valence-corrected chi connectivity index (χ0v) is 25.8. The SMILES string of the molecule is CCOCC.C[C@@H]1CN(c2cc(F)c(-c3cnc(N)nc3)c(F)c2NC(=O)c2ccc(F)cc2C(F)(F)F)C[C@H](C)N1C.O=CO. The summed E-state index contributed by atoms with van der Waals surface area (Å²) in [5.74, 6) is -4.93. The molecule has 2 heterocycles. The van der Waals surface area contributed by atoms with E-state index in [4.69, 9.17) is 20.4 Å². The molecule has 4 rings (SSSR count). The molecular weight excluding hydrogens is 622 g/mol. The van der Waals surface area contributed by atoms with Crippen molar-refractivity contribution in [1.29, 1.82) is 0 Å². The molecule has 0 unspecified atom stereocenters. The minimum absolute atomic E-state index is 0.0486. The fourth-order valence-electron chi connectivity index (χ4n) is 4.64. The Kier molecular flexibility index (Phi) is 13.7. The number of aromatic nitrogens is 2. The first-order valence-corrected chi connectivity index (χ1v) is 14.0. The number of likely N-dealkylation sites (N-methyl/N-ethyl adjacent to an activating group) is 1. The maximum Gasteiger partial charge on any atom is 0.417 e. The molecule has 1 aliphatic heterocycles. The van der Waals surface area contributed by atoms with E-state index < -0.39 is 51.9 Å². The Hall–Kier alpha value is -4.44. The normalized spacial score (nSPS) is 16.5. The number of nitrogen functional groups attached to an aromatic ring is 1. The molecule has 1 aromatic heterocycles. The van der Waals surface area contributed by atoms with Crippen LogP contribution in [0, 0.1) is 17.5 Å². The third kappa shape index (κ3) is 9.53. The molecule has 4 N–H and O–H groups in total. The molecular formula is C30H36F6N6O4. The highest BCUT2D eigenvalue weighted by atomic mass is 19.4. The van der Waals surface area contributed by atoms with E-state index in [9.17, 15) is 22.4 Å².